The minimum absolute atomic E-state index is 0.0744. The maximum atomic E-state index is 13.0. The van der Waals surface area contributed by atoms with E-state index in [0.29, 0.717) is 11.8 Å². The van der Waals surface area contributed by atoms with Crippen molar-refractivity contribution in [2.75, 3.05) is 13.1 Å². The molecule has 0 unspecified atom stereocenters. The zero-order valence-electron chi connectivity index (χ0n) is 14.8. The summed E-state index contributed by atoms with van der Waals surface area (Å²) in [5, 5.41) is 4.26. The standard InChI is InChI=1S/C20H27N3O2/c24-18(15-5-2-1-3-6-15)23-12-16-7-4-10-20(16,13-23)19-21-17(22-25-19)11-14-8-9-14/h1-2,14-16H,3-13H2/t15-,16-,20-/m1/s1. The highest BCUT2D eigenvalue weighted by molar-refractivity contribution is 5.79. The van der Waals surface area contributed by atoms with Crippen molar-refractivity contribution in [3.05, 3.63) is 23.9 Å². The van der Waals surface area contributed by atoms with Crippen LogP contribution >= 0.6 is 0 Å². The van der Waals surface area contributed by atoms with Gasteiger partial charge in [-0.2, -0.15) is 4.98 Å². The first-order valence-corrected chi connectivity index (χ1v) is 10.0. The maximum absolute atomic E-state index is 13.0. The van der Waals surface area contributed by atoms with E-state index < -0.39 is 0 Å². The molecule has 25 heavy (non-hydrogen) atoms. The molecule has 0 radical (unpaired) electrons. The van der Waals surface area contributed by atoms with E-state index >= 15 is 0 Å². The predicted octanol–water partition coefficient (Wildman–Crippen LogP) is 3.26. The van der Waals surface area contributed by atoms with Gasteiger partial charge in [0.25, 0.3) is 0 Å². The van der Waals surface area contributed by atoms with Crippen LogP contribution in [0.4, 0.5) is 0 Å². The van der Waals surface area contributed by atoms with Crippen molar-refractivity contribution in [2.24, 2.45) is 17.8 Å². The summed E-state index contributed by atoms with van der Waals surface area (Å²) in [5.74, 6) is 3.46. The van der Waals surface area contributed by atoms with Gasteiger partial charge in [0.2, 0.25) is 11.8 Å². The molecule has 5 rings (SSSR count). The van der Waals surface area contributed by atoms with Crippen LogP contribution in [0, 0.1) is 17.8 Å². The minimum Gasteiger partial charge on any atom is -0.341 e. The highest BCUT2D eigenvalue weighted by atomic mass is 16.5. The molecule has 0 aromatic carbocycles. The molecule has 0 spiro atoms. The number of amides is 1. The second-order valence-corrected chi connectivity index (χ2v) is 8.61. The van der Waals surface area contributed by atoms with Gasteiger partial charge in [0, 0.05) is 25.4 Å². The van der Waals surface area contributed by atoms with Crippen LogP contribution in [0.25, 0.3) is 0 Å². The fourth-order valence-corrected chi connectivity index (χ4v) is 5.20. The van der Waals surface area contributed by atoms with Gasteiger partial charge in [0.05, 0.1) is 5.41 Å². The summed E-state index contributed by atoms with van der Waals surface area (Å²) >= 11 is 0. The zero-order valence-corrected chi connectivity index (χ0v) is 14.8. The molecule has 4 aliphatic rings. The van der Waals surface area contributed by atoms with Gasteiger partial charge in [-0.1, -0.05) is 23.7 Å². The first kappa shape index (κ1) is 15.6. The van der Waals surface area contributed by atoms with Gasteiger partial charge >= 0.3 is 0 Å². The number of carbonyl (C=O) groups is 1. The molecule has 1 saturated heterocycles. The third kappa shape index (κ3) is 2.72. The number of fused-ring (bicyclic) bond motifs is 1. The van der Waals surface area contributed by atoms with Crippen LogP contribution in [-0.4, -0.2) is 34.0 Å². The van der Waals surface area contributed by atoms with E-state index in [1.807, 2.05) is 0 Å². The normalized spacial score (nSPS) is 34.5. The van der Waals surface area contributed by atoms with Crippen LogP contribution in [0.3, 0.4) is 0 Å². The largest absolute Gasteiger partial charge is 0.341 e. The molecule has 3 aliphatic carbocycles. The Balaban J connectivity index is 1.35. The molecule has 1 aliphatic heterocycles. The van der Waals surface area contributed by atoms with Crippen LogP contribution < -0.4 is 0 Å². The molecule has 134 valence electrons. The lowest BCUT2D eigenvalue weighted by Gasteiger charge is -2.27. The highest BCUT2D eigenvalue weighted by Crippen LogP contribution is 2.50. The van der Waals surface area contributed by atoms with Gasteiger partial charge in [-0.05, 0) is 56.8 Å². The Bertz CT molecular complexity index is 693. The number of carbonyl (C=O) groups excluding carboxylic acids is 1. The van der Waals surface area contributed by atoms with Crippen molar-refractivity contribution >= 4 is 5.91 Å². The molecule has 2 heterocycles. The lowest BCUT2D eigenvalue weighted by Crippen LogP contribution is -2.38. The van der Waals surface area contributed by atoms with E-state index in [2.05, 4.69) is 22.2 Å². The van der Waals surface area contributed by atoms with Crippen molar-refractivity contribution in [3.8, 4) is 0 Å². The van der Waals surface area contributed by atoms with Gasteiger partial charge in [0.15, 0.2) is 5.82 Å². The van der Waals surface area contributed by atoms with Crippen molar-refractivity contribution in [1.82, 2.24) is 15.0 Å². The maximum Gasteiger partial charge on any atom is 0.235 e. The Morgan fingerprint density at radius 3 is 3.00 bits per heavy atom. The monoisotopic (exact) mass is 341 g/mol. The second kappa shape index (κ2) is 5.96. The summed E-state index contributed by atoms with van der Waals surface area (Å²) < 4.78 is 5.75. The molecule has 1 amide bonds. The number of aromatic nitrogens is 2. The van der Waals surface area contributed by atoms with Crippen LogP contribution in [0.1, 0.15) is 63.1 Å². The van der Waals surface area contributed by atoms with E-state index in [0.717, 1.165) is 62.8 Å². The third-order valence-corrected chi connectivity index (χ3v) is 6.86. The molecule has 5 heteroatoms. The van der Waals surface area contributed by atoms with Crippen molar-refractivity contribution in [2.45, 2.75) is 63.2 Å². The number of hydrogen-bond donors (Lipinski definition) is 0. The number of nitrogens with zero attached hydrogens (tertiary/aromatic N) is 3. The van der Waals surface area contributed by atoms with E-state index in [-0.39, 0.29) is 11.3 Å². The Labute approximate surface area is 148 Å². The highest BCUT2D eigenvalue weighted by Gasteiger charge is 2.55. The van der Waals surface area contributed by atoms with Crippen LogP contribution in [0.2, 0.25) is 0 Å². The molecule has 3 fully saturated rings. The average molecular weight is 341 g/mol. The number of rotatable bonds is 4. The molecule has 1 aromatic rings. The molecule has 3 atom stereocenters. The first-order chi connectivity index (χ1) is 12.2. The van der Waals surface area contributed by atoms with E-state index in [4.69, 9.17) is 9.51 Å². The topological polar surface area (TPSA) is 59.2 Å². The number of hydrogen-bond acceptors (Lipinski definition) is 4. The van der Waals surface area contributed by atoms with Crippen molar-refractivity contribution < 1.29 is 9.32 Å². The average Bonchev–Trinajstić information content (AvgIpc) is 3.03. The first-order valence-electron chi connectivity index (χ1n) is 10.0. The summed E-state index contributed by atoms with van der Waals surface area (Å²) in [6.07, 6.45) is 14.3. The van der Waals surface area contributed by atoms with Gasteiger partial charge in [-0.15, -0.1) is 0 Å². The molecular formula is C20H27N3O2. The van der Waals surface area contributed by atoms with Gasteiger partial charge in [-0.25, -0.2) is 0 Å². The number of allylic oxidation sites excluding steroid dienone is 2. The minimum atomic E-state index is -0.0744. The Morgan fingerprint density at radius 1 is 1.28 bits per heavy atom. The van der Waals surface area contributed by atoms with Crippen LogP contribution in [-0.2, 0) is 16.6 Å². The van der Waals surface area contributed by atoms with Gasteiger partial charge < -0.3 is 9.42 Å². The third-order valence-electron chi connectivity index (χ3n) is 6.86. The Hall–Kier alpha value is -1.65. The summed E-state index contributed by atoms with van der Waals surface area (Å²) in [7, 11) is 0. The summed E-state index contributed by atoms with van der Waals surface area (Å²) in [6, 6.07) is 0. The molecule has 2 saturated carbocycles. The summed E-state index contributed by atoms with van der Waals surface area (Å²) in [6.45, 7) is 1.65. The van der Waals surface area contributed by atoms with E-state index in [9.17, 15) is 4.79 Å². The Morgan fingerprint density at radius 2 is 2.20 bits per heavy atom. The van der Waals surface area contributed by atoms with Crippen LogP contribution in [0.5, 0.6) is 0 Å². The van der Waals surface area contributed by atoms with Gasteiger partial charge in [-0.3, -0.25) is 4.79 Å². The smallest absolute Gasteiger partial charge is 0.235 e. The Kier molecular flexibility index (Phi) is 3.72. The predicted molar refractivity (Wildman–Crippen MR) is 92.8 cm³/mol. The van der Waals surface area contributed by atoms with E-state index in [1.165, 1.54) is 25.7 Å². The quantitative estimate of drug-likeness (QED) is 0.789. The lowest BCUT2D eigenvalue weighted by molar-refractivity contribution is -0.135. The SMILES string of the molecule is O=C([C@@H]1CC=CCC1)N1C[C@H]2CCC[C@@]2(c2nc(CC3CC3)no2)C1. The molecule has 1 aromatic heterocycles. The lowest BCUT2D eigenvalue weighted by atomic mass is 9.80. The summed E-state index contributed by atoms with van der Waals surface area (Å²) in [4.78, 5) is 19.9. The fraction of sp³-hybridized carbons (Fsp3) is 0.750. The van der Waals surface area contributed by atoms with Crippen LogP contribution in [0.15, 0.2) is 16.7 Å². The molecule has 0 bridgehead atoms. The molecule has 5 nitrogen and oxygen atoms in total. The molecule has 0 N–H and O–H groups in total. The fourth-order valence-electron chi connectivity index (χ4n) is 5.20. The van der Waals surface area contributed by atoms with Crippen molar-refractivity contribution in [3.63, 3.8) is 0 Å². The second-order valence-electron chi connectivity index (χ2n) is 8.61. The summed E-state index contributed by atoms with van der Waals surface area (Å²) in [5.41, 5.74) is -0.0744. The van der Waals surface area contributed by atoms with Crippen molar-refractivity contribution in [1.29, 1.82) is 0 Å². The van der Waals surface area contributed by atoms with E-state index in [1.54, 1.807) is 0 Å². The zero-order chi connectivity index (χ0) is 16.9. The number of likely N-dealkylation sites (tertiary alicyclic amines) is 1. The van der Waals surface area contributed by atoms with Gasteiger partial charge in [0.1, 0.15) is 0 Å². The molecular weight excluding hydrogens is 314 g/mol.